The van der Waals surface area contributed by atoms with E-state index in [0.717, 1.165) is 5.46 Å². The fourth-order valence-electron chi connectivity index (χ4n) is 1.80. The molecule has 1 aromatic rings. The third-order valence-electron chi connectivity index (χ3n) is 3.58. The van der Waals surface area contributed by atoms with E-state index in [0.29, 0.717) is 5.75 Å². The molecule has 0 atom stereocenters. The van der Waals surface area contributed by atoms with Gasteiger partial charge in [-0.1, -0.05) is 12.1 Å². The zero-order valence-electron chi connectivity index (χ0n) is 11.4. The van der Waals surface area contributed by atoms with E-state index >= 15 is 0 Å². The van der Waals surface area contributed by atoms with Gasteiger partial charge in [0.1, 0.15) is 5.75 Å². The highest BCUT2D eigenvalue weighted by atomic mass is 35.5. The van der Waals surface area contributed by atoms with Gasteiger partial charge in [-0.3, -0.25) is 0 Å². The monoisotopic (exact) mass is 282 g/mol. The fourth-order valence-corrected chi connectivity index (χ4v) is 1.89. The van der Waals surface area contributed by atoms with Crippen LogP contribution >= 0.6 is 11.6 Å². The van der Waals surface area contributed by atoms with Crippen molar-refractivity contribution in [3.05, 3.63) is 24.3 Å². The summed E-state index contributed by atoms with van der Waals surface area (Å²) in [7, 11) is -0.487. The van der Waals surface area contributed by atoms with Crippen LogP contribution in [0.25, 0.3) is 0 Å². The summed E-state index contributed by atoms with van der Waals surface area (Å²) in [6.07, 6.45) is 0. The van der Waals surface area contributed by atoms with Crippen molar-refractivity contribution in [1.29, 1.82) is 0 Å². The Kier molecular flexibility index (Phi) is 3.64. The molecular formula is C13H16BClO4. The molecule has 1 fully saturated rings. The number of benzene rings is 1. The van der Waals surface area contributed by atoms with Gasteiger partial charge in [0.15, 0.2) is 0 Å². The van der Waals surface area contributed by atoms with Gasteiger partial charge in [0, 0.05) is 11.6 Å². The van der Waals surface area contributed by atoms with Crippen molar-refractivity contribution < 1.29 is 18.8 Å². The van der Waals surface area contributed by atoms with Crippen molar-refractivity contribution in [2.24, 2.45) is 0 Å². The SMILES string of the molecule is CC1(C)OB(c2cccc(OC(=O)Cl)c2)OC1(C)C. The van der Waals surface area contributed by atoms with Crippen LogP contribution in [0.4, 0.5) is 4.79 Å². The van der Waals surface area contributed by atoms with Crippen LogP contribution in [0.5, 0.6) is 5.75 Å². The van der Waals surface area contributed by atoms with Gasteiger partial charge in [-0.15, -0.1) is 0 Å². The van der Waals surface area contributed by atoms with Gasteiger partial charge in [0.05, 0.1) is 11.2 Å². The lowest BCUT2D eigenvalue weighted by Gasteiger charge is -2.32. The van der Waals surface area contributed by atoms with Crippen LogP contribution < -0.4 is 10.2 Å². The Balaban J connectivity index is 2.22. The summed E-state index contributed by atoms with van der Waals surface area (Å²) in [5.74, 6) is 0.368. The second-order valence-electron chi connectivity index (χ2n) is 5.50. The lowest BCUT2D eigenvalue weighted by Crippen LogP contribution is -2.41. The van der Waals surface area contributed by atoms with Gasteiger partial charge in [0.25, 0.3) is 0 Å². The molecular weight excluding hydrogens is 266 g/mol. The van der Waals surface area contributed by atoms with E-state index in [1.54, 1.807) is 18.2 Å². The molecule has 1 heterocycles. The average Bonchev–Trinajstić information content (AvgIpc) is 2.47. The summed E-state index contributed by atoms with van der Waals surface area (Å²) >= 11 is 5.19. The molecule has 2 rings (SSSR count). The largest absolute Gasteiger partial charge is 0.494 e. The Morgan fingerprint density at radius 2 is 1.79 bits per heavy atom. The maximum Gasteiger partial charge on any atom is 0.494 e. The molecule has 0 amide bonds. The molecule has 102 valence electrons. The summed E-state index contributed by atoms with van der Waals surface area (Å²) < 4.78 is 16.7. The van der Waals surface area contributed by atoms with Crippen LogP contribution in [0, 0.1) is 0 Å². The smallest absolute Gasteiger partial charge is 0.415 e. The molecule has 1 saturated heterocycles. The zero-order valence-corrected chi connectivity index (χ0v) is 12.2. The van der Waals surface area contributed by atoms with E-state index in [2.05, 4.69) is 0 Å². The first-order valence-corrected chi connectivity index (χ1v) is 6.42. The predicted molar refractivity (Wildman–Crippen MR) is 74.0 cm³/mol. The summed E-state index contributed by atoms with van der Waals surface area (Å²) in [6.45, 7) is 7.93. The summed E-state index contributed by atoms with van der Waals surface area (Å²) in [5.41, 5.74) is -0.895. The number of rotatable bonds is 2. The standard InChI is InChI=1S/C13H16BClO4/c1-12(2)13(3,4)19-14(18-12)9-6-5-7-10(8-9)17-11(15)16/h5-8H,1-4H3. The van der Waals surface area contributed by atoms with Crippen molar-refractivity contribution in [3.63, 3.8) is 0 Å². The van der Waals surface area contributed by atoms with E-state index in [4.69, 9.17) is 25.6 Å². The van der Waals surface area contributed by atoms with E-state index in [-0.39, 0.29) is 0 Å². The second kappa shape index (κ2) is 4.82. The molecule has 1 aromatic carbocycles. The molecule has 6 heteroatoms. The highest BCUT2D eigenvalue weighted by Crippen LogP contribution is 2.36. The van der Waals surface area contributed by atoms with E-state index in [9.17, 15) is 4.79 Å². The topological polar surface area (TPSA) is 44.8 Å². The minimum atomic E-state index is -0.869. The van der Waals surface area contributed by atoms with Gasteiger partial charge in [-0.25, -0.2) is 4.79 Å². The molecule has 0 N–H and O–H groups in total. The summed E-state index contributed by atoms with van der Waals surface area (Å²) in [5, 5.41) is 0. The first-order chi connectivity index (χ1) is 8.71. The van der Waals surface area contributed by atoms with Crippen molar-refractivity contribution in [2.75, 3.05) is 0 Å². The van der Waals surface area contributed by atoms with E-state index in [1.807, 2.05) is 33.8 Å². The zero-order chi connectivity index (χ0) is 14.3. The van der Waals surface area contributed by atoms with Gasteiger partial charge >= 0.3 is 12.5 Å². The minimum Gasteiger partial charge on any atom is -0.415 e. The number of hydrogen-bond donors (Lipinski definition) is 0. The number of carbonyl (C=O) groups is 1. The highest BCUT2D eigenvalue weighted by molar-refractivity contribution is 6.62. The number of halogens is 1. The quantitative estimate of drug-likeness (QED) is 0.618. The Labute approximate surface area is 118 Å². The molecule has 0 bridgehead atoms. The molecule has 1 aliphatic rings. The lowest BCUT2D eigenvalue weighted by atomic mass is 9.79. The molecule has 1 aliphatic heterocycles. The normalized spacial score (nSPS) is 20.4. The van der Waals surface area contributed by atoms with Crippen molar-refractivity contribution in [1.82, 2.24) is 0 Å². The van der Waals surface area contributed by atoms with Crippen LogP contribution in [-0.2, 0) is 9.31 Å². The molecule has 19 heavy (non-hydrogen) atoms. The van der Waals surface area contributed by atoms with Crippen molar-refractivity contribution >= 4 is 29.6 Å². The van der Waals surface area contributed by atoms with E-state index < -0.39 is 23.7 Å². The third kappa shape index (κ3) is 2.94. The number of ether oxygens (including phenoxy) is 1. The number of hydrogen-bond acceptors (Lipinski definition) is 4. The summed E-state index contributed by atoms with van der Waals surface area (Å²) in [4.78, 5) is 10.7. The molecule has 4 nitrogen and oxygen atoms in total. The van der Waals surface area contributed by atoms with Crippen LogP contribution in [0.1, 0.15) is 27.7 Å². The maximum absolute atomic E-state index is 10.7. The number of carbonyl (C=O) groups excluding carboxylic acids is 1. The first kappa shape index (κ1) is 14.4. The fraction of sp³-hybridized carbons (Fsp3) is 0.462. The second-order valence-corrected chi connectivity index (χ2v) is 5.81. The molecule has 0 saturated carbocycles. The van der Waals surface area contributed by atoms with Crippen molar-refractivity contribution in [2.45, 2.75) is 38.9 Å². The molecule has 0 radical (unpaired) electrons. The Hall–Kier alpha value is -1.04. The van der Waals surface area contributed by atoms with Crippen LogP contribution in [0.3, 0.4) is 0 Å². The molecule has 0 unspecified atom stereocenters. The van der Waals surface area contributed by atoms with Gasteiger partial charge in [-0.05, 0) is 45.3 Å². The van der Waals surface area contributed by atoms with Gasteiger partial charge in [-0.2, -0.15) is 0 Å². The average molecular weight is 283 g/mol. The lowest BCUT2D eigenvalue weighted by molar-refractivity contribution is 0.00578. The van der Waals surface area contributed by atoms with Gasteiger partial charge < -0.3 is 14.0 Å². The third-order valence-corrected chi connectivity index (χ3v) is 3.66. The van der Waals surface area contributed by atoms with Gasteiger partial charge in [0.2, 0.25) is 0 Å². The minimum absolute atomic E-state index is 0.368. The highest BCUT2D eigenvalue weighted by Gasteiger charge is 2.51. The Bertz CT molecular complexity index is 485. The predicted octanol–water partition coefficient (Wildman–Crippen LogP) is 2.72. The maximum atomic E-state index is 10.7. The van der Waals surface area contributed by atoms with Crippen molar-refractivity contribution in [3.8, 4) is 5.75 Å². The Morgan fingerprint density at radius 1 is 1.21 bits per heavy atom. The van der Waals surface area contributed by atoms with Crippen LogP contribution in [0.2, 0.25) is 0 Å². The van der Waals surface area contributed by atoms with Crippen LogP contribution in [0.15, 0.2) is 24.3 Å². The first-order valence-electron chi connectivity index (χ1n) is 6.04. The summed E-state index contributed by atoms with van der Waals surface area (Å²) in [6, 6.07) is 6.95. The molecule has 0 aromatic heterocycles. The Morgan fingerprint density at radius 3 is 2.32 bits per heavy atom. The molecule has 0 aliphatic carbocycles. The van der Waals surface area contributed by atoms with Crippen LogP contribution in [-0.4, -0.2) is 23.7 Å². The molecule has 0 spiro atoms. The van der Waals surface area contributed by atoms with E-state index in [1.165, 1.54) is 0 Å².